The summed E-state index contributed by atoms with van der Waals surface area (Å²) in [6.07, 6.45) is 4.44. The molecule has 2 aliphatic rings. The maximum atomic E-state index is 12.1. The van der Waals surface area contributed by atoms with Crippen LogP contribution < -0.4 is 0 Å². The van der Waals surface area contributed by atoms with Gasteiger partial charge in [-0.15, -0.1) is 0 Å². The Balaban J connectivity index is 1.48. The molecule has 0 aromatic heterocycles. The first-order chi connectivity index (χ1) is 10.3. The molecule has 4 rings (SSSR count). The zero-order valence-electron chi connectivity index (χ0n) is 12.3. The van der Waals surface area contributed by atoms with Gasteiger partial charge in [-0.05, 0) is 47.9 Å². The first-order valence-electron chi connectivity index (χ1n) is 8.09. The SMILES string of the molecule is O=C(C1CC1)N1CCC(c2ccc3ccccc3c2)CC1. The van der Waals surface area contributed by atoms with Gasteiger partial charge in [-0.3, -0.25) is 4.79 Å². The van der Waals surface area contributed by atoms with Crippen LogP contribution in [-0.2, 0) is 4.79 Å². The van der Waals surface area contributed by atoms with E-state index in [1.165, 1.54) is 16.3 Å². The highest BCUT2D eigenvalue weighted by molar-refractivity contribution is 5.83. The molecule has 108 valence electrons. The largest absolute Gasteiger partial charge is 0.342 e. The van der Waals surface area contributed by atoms with Crippen molar-refractivity contribution in [2.24, 2.45) is 5.92 Å². The van der Waals surface area contributed by atoms with E-state index in [-0.39, 0.29) is 0 Å². The molecule has 0 unspecified atom stereocenters. The highest BCUT2D eigenvalue weighted by Crippen LogP contribution is 2.35. The van der Waals surface area contributed by atoms with Crippen molar-refractivity contribution in [2.45, 2.75) is 31.6 Å². The summed E-state index contributed by atoms with van der Waals surface area (Å²) in [4.78, 5) is 14.2. The van der Waals surface area contributed by atoms with Crippen LogP contribution in [0.1, 0.15) is 37.2 Å². The van der Waals surface area contributed by atoms with E-state index in [0.29, 0.717) is 17.7 Å². The van der Waals surface area contributed by atoms with Crippen LogP contribution in [0.3, 0.4) is 0 Å². The Morgan fingerprint density at radius 2 is 1.62 bits per heavy atom. The third-order valence-electron chi connectivity index (χ3n) is 4.98. The zero-order chi connectivity index (χ0) is 14.2. The molecule has 1 heterocycles. The van der Waals surface area contributed by atoms with Gasteiger partial charge in [0.25, 0.3) is 0 Å². The number of benzene rings is 2. The van der Waals surface area contributed by atoms with Crippen LogP contribution in [0.4, 0.5) is 0 Å². The molecule has 2 aromatic rings. The predicted octanol–water partition coefficient (Wildman–Crippen LogP) is 3.96. The molecule has 2 nitrogen and oxygen atoms in total. The second-order valence-electron chi connectivity index (χ2n) is 6.48. The number of carbonyl (C=O) groups is 1. The number of rotatable bonds is 2. The van der Waals surface area contributed by atoms with Gasteiger partial charge in [0, 0.05) is 19.0 Å². The van der Waals surface area contributed by atoms with Gasteiger partial charge in [0.15, 0.2) is 0 Å². The van der Waals surface area contributed by atoms with Crippen molar-refractivity contribution in [3.8, 4) is 0 Å². The Morgan fingerprint density at radius 1 is 0.905 bits per heavy atom. The normalized spacial score (nSPS) is 19.9. The first-order valence-corrected chi connectivity index (χ1v) is 8.09. The first kappa shape index (κ1) is 12.9. The predicted molar refractivity (Wildman–Crippen MR) is 85.2 cm³/mol. The Morgan fingerprint density at radius 3 is 2.33 bits per heavy atom. The number of hydrogen-bond acceptors (Lipinski definition) is 1. The third-order valence-corrected chi connectivity index (χ3v) is 4.98. The Bertz CT molecular complexity index is 666. The molecule has 2 heteroatoms. The van der Waals surface area contributed by atoms with E-state index >= 15 is 0 Å². The number of amides is 1. The number of hydrogen-bond donors (Lipinski definition) is 0. The fourth-order valence-electron chi connectivity index (χ4n) is 3.48. The van der Waals surface area contributed by atoms with Gasteiger partial charge in [-0.2, -0.15) is 0 Å². The van der Waals surface area contributed by atoms with Gasteiger partial charge < -0.3 is 4.90 Å². The van der Waals surface area contributed by atoms with Crippen LogP contribution in [0.15, 0.2) is 42.5 Å². The number of carbonyl (C=O) groups excluding carboxylic acids is 1. The van der Waals surface area contributed by atoms with Crippen molar-refractivity contribution in [1.82, 2.24) is 4.90 Å². The maximum Gasteiger partial charge on any atom is 0.225 e. The number of likely N-dealkylation sites (tertiary alicyclic amines) is 1. The summed E-state index contributed by atoms with van der Waals surface area (Å²) in [5.41, 5.74) is 1.44. The van der Waals surface area contributed by atoms with Crippen molar-refractivity contribution in [3.63, 3.8) is 0 Å². The lowest BCUT2D eigenvalue weighted by atomic mass is 9.88. The van der Waals surface area contributed by atoms with Crippen molar-refractivity contribution >= 4 is 16.7 Å². The van der Waals surface area contributed by atoms with Gasteiger partial charge in [-0.25, -0.2) is 0 Å². The minimum Gasteiger partial charge on any atom is -0.342 e. The van der Waals surface area contributed by atoms with Crippen LogP contribution in [0.5, 0.6) is 0 Å². The van der Waals surface area contributed by atoms with Crippen LogP contribution >= 0.6 is 0 Å². The summed E-state index contributed by atoms with van der Waals surface area (Å²) in [5.74, 6) is 1.38. The molecule has 2 fully saturated rings. The summed E-state index contributed by atoms with van der Waals surface area (Å²) in [5, 5.41) is 2.63. The van der Waals surface area contributed by atoms with Crippen LogP contribution in [-0.4, -0.2) is 23.9 Å². The third kappa shape index (κ3) is 2.55. The molecule has 0 N–H and O–H groups in total. The molecule has 0 spiro atoms. The topological polar surface area (TPSA) is 20.3 Å². The van der Waals surface area contributed by atoms with E-state index < -0.39 is 0 Å². The highest BCUT2D eigenvalue weighted by atomic mass is 16.2. The van der Waals surface area contributed by atoms with Gasteiger partial charge >= 0.3 is 0 Å². The van der Waals surface area contributed by atoms with Gasteiger partial charge in [-0.1, -0.05) is 42.5 Å². The molecule has 1 saturated carbocycles. The zero-order valence-corrected chi connectivity index (χ0v) is 12.3. The maximum absolute atomic E-state index is 12.1. The summed E-state index contributed by atoms with van der Waals surface area (Å²) in [6, 6.07) is 15.4. The Hall–Kier alpha value is -1.83. The molecule has 0 bridgehead atoms. The van der Waals surface area contributed by atoms with Crippen LogP contribution in [0, 0.1) is 5.92 Å². The second-order valence-corrected chi connectivity index (χ2v) is 6.48. The molecule has 0 radical (unpaired) electrons. The van der Waals surface area contributed by atoms with E-state index in [9.17, 15) is 4.79 Å². The van der Waals surface area contributed by atoms with Crippen LogP contribution in [0.25, 0.3) is 10.8 Å². The quantitative estimate of drug-likeness (QED) is 0.815. The monoisotopic (exact) mass is 279 g/mol. The van der Waals surface area contributed by atoms with Crippen molar-refractivity contribution in [1.29, 1.82) is 0 Å². The molecule has 1 aliphatic carbocycles. The summed E-state index contributed by atoms with van der Waals surface area (Å²) in [6.45, 7) is 1.87. The minimum absolute atomic E-state index is 0.363. The molecule has 2 aromatic carbocycles. The Kier molecular flexibility index (Phi) is 3.17. The lowest BCUT2D eigenvalue weighted by Crippen LogP contribution is -2.38. The van der Waals surface area contributed by atoms with E-state index in [2.05, 4.69) is 47.4 Å². The van der Waals surface area contributed by atoms with E-state index in [4.69, 9.17) is 0 Å². The van der Waals surface area contributed by atoms with E-state index in [1.54, 1.807) is 0 Å². The molecule has 0 atom stereocenters. The number of piperidine rings is 1. The number of fused-ring (bicyclic) bond motifs is 1. The molecular formula is C19H21NO. The lowest BCUT2D eigenvalue weighted by Gasteiger charge is -2.32. The van der Waals surface area contributed by atoms with Crippen molar-refractivity contribution in [2.75, 3.05) is 13.1 Å². The van der Waals surface area contributed by atoms with Gasteiger partial charge in [0.1, 0.15) is 0 Å². The molecule has 21 heavy (non-hydrogen) atoms. The lowest BCUT2D eigenvalue weighted by molar-refractivity contribution is -0.133. The Labute approximate surface area is 125 Å². The molecule has 1 saturated heterocycles. The minimum atomic E-state index is 0.363. The van der Waals surface area contributed by atoms with Gasteiger partial charge in [0.2, 0.25) is 5.91 Å². The van der Waals surface area contributed by atoms with Crippen molar-refractivity contribution in [3.05, 3.63) is 48.0 Å². The fourth-order valence-corrected chi connectivity index (χ4v) is 3.48. The van der Waals surface area contributed by atoms with Crippen LogP contribution in [0.2, 0.25) is 0 Å². The van der Waals surface area contributed by atoms with E-state index in [0.717, 1.165) is 38.8 Å². The molecule has 1 amide bonds. The molecular weight excluding hydrogens is 258 g/mol. The summed E-state index contributed by atoms with van der Waals surface area (Å²) in [7, 11) is 0. The second kappa shape index (κ2) is 5.18. The average molecular weight is 279 g/mol. The number of nitrogens with zero attached hydrogens (tertiary/aromatic N) is 1. The summed E-state index contributed by atoms with van der Waals surface area (Å²) < 4.78 is 0. The fraction of sp³-hybridized carbons (Fsp3) is 0.421. The smallest absolute Gasteiger partial charge is 0.225 e. The van der Waals surface area contributed by atoms with Crippen molar-refractivity contribution < 1.29 is 4.79 Å². The molecule has 1 aliphatic heterocycles. The average Bonchev–Trinajstić information content (AvgIpc) is 3.39. The van der Waals surface area contributed by atoms with Gasteiger partial charge in [0.05, 0.1) is 0 Å². The summed E-state index contributed by atoms with van der Waals surface area (Å²) >= 11 is 0. The highest BCUT2D eigenvalue weighted by Gasteiger charge is 2.35. The standard InChI is InChI=1S/C19H21NO/c21-19(16-6-7-16)20-11-9-15(10-12-20)18-8-5-14-3-1-2-4-17(14)13-18/h1-5,8,13,15-16H,6-7,9-12H2. The van der Waals surface area contributed by atoms with E-state index in [1.807, 2.05) is 0 Å².